The van der Waals surface area contributed by atoms with Crippen molar-refractivity contribution in [3.05, 3.63) is 34.1 Å². The first-order chi connectivity index (χ1) is 9.56. The highest BCUT2D eigenvalue weighted by Gasteiger charge is 2.30. The molecule has 0 saturated heterocycles. The molecule has 1 atom stereocenters. The van der Waals surface area contributed by atoms with E-state index >= 15 is 0 Å². The van der Waals surface area contributed by atoms with Gasteiger partial charge in [0.25, 0.3) is 5.69 Å². The van der Waals surface area contributed by atoms with Crippen molar-refractivity contribution in [3.8, 4) is 0 Å². The highest BCUT2D eigenvalue weighted by atomic mass is 32.2. The molecular weight excluding hydrogens is 307 g/mol. The second-order valence-electron chi connectivity index (χ2n) is 4.55. The number of carboxylic acids is 1. The van der Waals surface area contributed by atoms with Gasteiger partial charge in [0.1, 0.15) is 16.8 Å². The molecule has 1 aromatic carbocycles. The van der Waals surface area contributed by atoms with Crippen molar-refractivity contribution in [1.29, 1.82) is 0 Å². The number of benzene rings is 1. The lowest BCUT2D eigenvalue weighted by Crippen LogP contribution is -2.44. The second kappa shape index (κ2) is 6.14. The third-order valence-corrected chi connectivity index (χ3v) is 4.10. The van der Waals surface area contributed by atoms with Crippen LogP contribution in [0.4, 0.5) is 10.1 Å². The number of hydrogen-bond acceptors (Lipinski definition) is 5. The number of halogens is 1. The van der Waals surface area contributed by atoms with E-state index in [-0.39, 0.29) is 0 Å². The average Bonchev–Trinajstić information content (AvgIpc) is 2.34. The van der Waals surface area contributed by atoms with Crippen LogP contribution in [0.15, 0.2) is 23.1 Å². The van der Waals surface area contributed by atoms with Gasteiger partial charge in [-0.1, -0.05) is 13.8 Å². The molecule has 0 spiro atoms. The lowest BCUT2D eigenvalue weighted by Gasteiger charge is -2.18. The van der Waals surface area contributed by atoms with Gasteiger partial charge in [-0.2, -0.15) is 4.72 Å². The quantitative estimate of drug-likeness (QED) is 0.597. The van der Waals surface area contributed by atoms with Crippen LogP contribution < -0.4 is 4.72 Å². The minimum atomic E-state index is -4.45. The zero-order chi connectivity index (χ0) is 16.4. The van der Waals surface area contributed by atoms with Crippen LogP contribution >= 0.6 is 0 Å². The highest BCUT2D eigenvalue weighted by molar-refractivity contribution is 7.89. The van der Waals surface area contributed by atoms with Gasteiger partial charge in [0.2, 0.25) is 10.0 Å². The normalized spacial score (nSPS) is 13.1. The summed E-state index contributed by atoms with van der Waals surface area (Å²) >= 11 is 0. The monoisotopic (exact) mass is 320 g/mol. The third-order valence-electron chi connectivity index (χ3n) is 2.63. The summed E-state index contributed by atoms with van der Waals surface area (Å²) in [6.07, 6.45) is 0. The minimum absolute atomic E-state index is 0.458. The Morgan fingerprint density at radius 1 is 1.43 bits per heavy atom. The van der Waals surface area contributed by atoms with Crippen molar-refractivity contribution < 1.29 is 27.6 Å². The van der Waals surface area contributed by atoms with Crippen molar-refractivity contribution >= 4 is 21.7 Å². The van der Waals surface area contributed by atoms with Gasteiger partial charge >= 0.3 is 5.97 Å². The Labute approximate surface area is 119 Å². The van der Waals surface area contributed by atoms with Gasteiger partial charge in [0, 0.05) is 6.07 Å². The molecule has 0 aliphatic carbocycles. The molecule has 0 radical (unpaired) electrons. The van der Waals surface area contributed by atoms with Gasteiger partial charge in [-0.15, -0.1) is 0 Å². The maximum atomic E-state index is 13.7. The zero-order valence-corrected chi connectivity index (χ0v) is 11.9. The van der Waals surface area contributed by atoms with E-state index in [1.807, 2.05) is 4.72 Å². The van der Waals surface area contributed by atoms with Crippen LogP contribution in [0.1, 0.15) is 13.8 Å². The molecular formula is C11H13FN2O6S. The molecule has 0 aromatic heterocycles. The van der Waals surface area contributed by atoms with Crippen LogP contribution in [-0.2, 0) is 14.8 Å². The first-order valence-corrected chi connectivity index (χ1v) is 7.23. The standard InChI is InChI=1S/C11H13FN2O6S/c1-6(2)10(11(15)16)13-21(19,20)9-4-3-7(14(17)18)5-8(9)12/h3-6,10,13H,1-2H3,(H,15,16)/t10-/m1/s1. The Morgan fingerprint density at radius 3 is 2.38 bits per heavy atom. The summed E-state index contributed by atoms with van der Waals surface area (Å²) in [6, 6.07) is 0.557. The van der Waals surface area contributed by atoms with E-state index in [2.05, 4.69) is 0 Å². The van der Waals surface area contributed by atoms with E-state index in [1.165, 1.54) is 13.8 Å². The summed E-state index contributed by atoms with van der Waals surface area (Å²) in [5.74, 6) is -3.31. The largest absolute Gasteiger partial charge is 0.480 e. The highest BCUT2D eigenvalue weighted by Crippen LogP contribution is 2.21. The number of nitrogens with one attached hydrogen (secondary N) is 1. The minimum Gasteiger partial charge on any atom is -0.480 e. The predicted octanol–water partition coefficient (Wildman–Crippen LogP) is 1.12. The number of nitrogens with zero attached hydrogens (tertiary/aromatic N) is 1. The third kappa shape index (κ3) is 3.95. The molecule has 10 heteroatoms. The molecule has 0 fully saturated rings. The van der Waals surface area contributed by atoms with E-state index in [0.29, 0.717) is 6.07 Å². The summed E-state index contributed by atoms with van der Waals surface area (Å²) < 4.78 is 39.5. The number of carbonyl (C=O) groups is 1. The van der Waals surface area contributed by atoms with E-state index in [4.69, 9.17) is 5.11 Å². The van der Waals surface area contributed by atoms with Gasteiger partial charge in [0.15, 0.2) is 0 Å². The topological polar surface area (TPSA) is 127 Å². The van der Waals surface area contributed by atoms with E-state index in [1.54, 1.807) is 0 Å². The second-order valence-corrected chi connectivity index (χ2v) is 6.24. The molecule has 0 bridgehead atoms. The van der Waals surface area contributed by atoms with E-state index in [9.17, 15) is 27.7 Å². The fourth-order valence-corrected chi connectivity index (χ4v) is 2.92. The number of carboxylic acid groups (broad SMARTS) is 1. The summed E-state index contributed by atoms with van der Waals surface area (Å²) in [6.45, 7) is 2.96. The van der Waals surface area contributed by atoms with E-state index in [0.717, 1.165) is 12.1 Å². The number of sulfonamides is 1. The Hall–Kier alpha value is -2.07. The van der Waals surface area contributed by atoms with Crippen molar-refractivity contribution in [1.82, 2.24) is 4.72 Å². The maximum Gasteiger partial charge on any atom is 0.322 e. The lowest BCUT2D eigenvalue weighted by atomic mass is 10.1. The van der Waals surface area contributed by atoms with Gasteiger partial charge in [-0.25, -0.2) is 12.8 Å². The summed E-state index contributed by atoms with van der Waals surface area (Å²) in [4.78, 5) is 19.7. The zero-order valence-electron chi connectivity index (χ0n) is 11.1. The van der Waals surface area contributed by atoms with E-state index < -0.39 is 49.3 Å². The molecule has 0 heterocycles. The molecule has 0 amide bonds. The molecule has 0 aliphatic heterocycles. The fourth-order valence-electron chi connectivity index (χ4n) is 1.52. The molecule has 0 aliphatic rings. The summed E-state index contributed by atoms with van der Waals surface area (Å²) in [7, 11) is -4.45. The first kappa shape index (κ1) is 17.0. The fraction of sp³-hybridized carbons (Fsp3) is 0.364. The first-order valence-electron chi connectivity index (χ1n) is 5.75. The predicted molar refractivity (Wildman–Crippen MR) is 69.6 cm³/mol. The van der Waals surface area contributed by atoms with Crippen molar-refractivity contribution in [2.75, 3.05) is 0 Å². The Balaban J connectivity index is 3.19. The maximum absolute atomic E-state index is 13.7. The van der Waals surface area contributed by atoms with Crippen molar-refractivity contribution in [2.24, 2.45) is 5.92 Å². The summed E-state index contributed by atoms with van der Waals surface area (Å²) in [5.41, 5.74) is -0.606. The van der Waals surface area contributed by atoms with Gasteiger partial charge in [-0.3, -0.25) is 14.9 Å². The van der Waals surface area contributed by atoms with Crippen molar-refractivity contribution in [3.63, 3.8) is 0 Å². The molecule has 8 nitrogen and oxygen atoms in total. The lowest BCUT2D eigenvalue weighted by molar-refractivity contribution is -0.385. The number of rotatable bonds is 6. The Bertz CT molecular complexity index is 673. The van der Waals surface area contributed by atoms with Crippen LogP contribution in [0, 0.1) is 21.8 Å². The Morgan fingerprint density at radius 2 is 2.00 bits per heavy atom. The number of nitro benzene ring substituents is 1. The number of hydrogen-bond donors (Lipinski definition) is 2. The van der Waals surface area contributed by atoms with Gasteiger partial charge in [-0.05, 0) is 12.0 Å². The van der Waals surface area contributed by atoms with Crippen LogP contribution in [0.2, 0.25) is 0 Å². The number of aliphatic carboxylic acids is 1. The summed E-state index contributed by atoms with van der Waals surface area (Å²) in [5, 5.41) is 19.4. The molecule has 1 aromatic rings. The molecule has 2 N–H and O–H groups in total. The van der Waals surface area contributed by atoms with Crippen molar-refractivity contribution in [2.45, 2.75) is 24.8 Å². The average molecular weight is 320 g/mol. The molecule has 116 valence electrons. The number of non-ortho nitro benzene ring substituents is 1. The van der Waals surface area contributed by atoms with Gasteiger partial charge < -0.3 is 5.11 Å². The molecule has 1 rings (SSSR count). The molecule has 0 saturated carbocycles. The van der Waals surface area contributed by atoms with Crippen LogP contribution in [-0.4, -0.2) is 30.5 Å². The number of nitro groups is 1. The van der Waals surface area contributed by atoms with Gasteiger partial charge in [0.05, 0.1) is 11.0 Å². The smallest absolute Gasteiger partial charge is 0.322 e. The van der Waals surface area contributed by atoms with Crippen LogP contribution in [0.3, 0.4) is 0 Å². The van der Waals surface area contributed by atoms with Crippen LogP contribution in [0.5, 0.6) is 0 Å². The molecule has 21 heavy (non-hydrogen) atoms. The van der Waals surface area contributed by atoms with Crippen LogP contribution in [0.25, 0.3) is 0 Å². The molecule has 0 unspecified atom stereocenters. The SMILES string of the molecule is CC(C)[C@@H](NS(=O)(=O)c1ccc([N+](=O)[O-])cc1F)C(=O)O. The Kier molecular flexibility index (Phi) is 4.97.